The van der Waals surface area contributed by atoms with Gasteiger partial charge in [0.05, 0.1) is 19.1 Å². The van der Waals surface area contributed by atoms with Gasteiger partial charge in [-0.2, -0.15) is 0 Å². The summed E-state index contributed by atoms with van der Waals surface area (Å²) >= 11 is 6.50. The van der Waals surface area contributed by atoms with Crippen LogP contribution in [0.2, 0.25) is 5.02 Å². The molecule has 3 atom stereocenters. The summed E-state index contributed by atoms with van der Waals surface area (Å²) < 4.78 is 32.6. The van der Waals surface area contributed by atoms with Crippen LogP contribution < -0.4 is 9.47 Å². The van der Waals surface area contributed by atoms with E-state index >= 15 is 4.39 Å². The maximum absolute atomic E-state index is 15.1. The molecule has 1 aliphatic carbocycles. The largest absolute Gasteiger partial charge is 0.486 e. The average Bonchev–Trinajstić information content (AvgIpc) is 3.56. The maximum Gasteiger partial charge on any atom is 0.232 e. The fourth-order valence-electron chi connectivity index (χ4n) is 5.14. The number of hydrogen-bond acceptors (Lipinski definition) is 5. The van der Waals surface area contributed by atoms with Crippen molar-refractivity contribution in [2.45, 2.75) is 57.7 Å². The fraction of sp³-hybridized carbons (Fsp3) is 0.355. The standard InChI is InChI=1S/C31H29ClFNO4/c1-3-4-21(15-19(2)35)20-5-7-23(8-6-20)37-29-12-10-26-25(9-11-28(33)30(26)29)22-16-27(32)31(34-17-22)38-24-13-14-36-18-24/h5-9,11,16-17,21,24,29H,10,12-15,18H2,1-2H3/t21-,24+,29+/m0/s1. The van der Waals surface area contributed by atoms with Gasteiger partial charge in [0, 0.05) is 30.2 Å². The lowest BCUT2D eigenvalue weighted by atomic mass is 9.94. The van der Waals surface area contributed by atoms with Crippen molar-refractivity contribution in [3.8, 4) is 34.6 Å². The van der Waals surface area contributed by atoms with Gasteiger partial charge < -0.3 is 14.2 Å². The van der Waals surface area contributed by atoms with Crippen molar-refractivity contribution < 1.29 is 23.4 Å². The van der Waals surface area contributed by atoms with E-state index in [4.69, 9.17) is 25.8 Å². The number of aromatic nitrogens is 1. The lowest BCUT2D eigenvalue weighted by molar-refractivity contribution is -0.117. The highest BCUT2D eigenvalue weighted by Gasteiger charge is 2.30. The van der Waals surface area contributed by atoms with Gasteiger partial charge in [-0.1, -0.05) is 35.7 Å². The molecule has 0 bridgehead atoms. The summed E-state index contributed by atoms with van der Waals surface area (Å²) in [5.74, 6) is 6.68. The third-order valence-corrected chi connectivity index (χ3v) is 7.21. The Morgan fingerprint density at radius 3 is 2.71 bits per heavy atom. The Balaban J connectivity index is 1.35. The molecule has 3 aromatic rings. The number of nitrogens with zero attached hydrogens (tertiary/aromatic N) is 1. The molecule has 1 aliphatic heterocycles. The molecule has 0 amide bonds. The van der Waals surface area contributed by atoms with Crippen LogP contribution in [-0.2, 0) is 16.0 Å². The van der Waals surface area contributed by atoms with Crippen molar-refractivity contribution in [2.24, 2.45) is 0 Å². The second-order valence-corrected chi connectivity index (χ2v) is 10.1. The number of pyridine rings is 1. The van der Waals surface area contributed by atoms with Gasteiger partial charge in [-0.15, -0.1) is 5.92 Å². The molecule has 2 aromatic carbocycles. The van der Waals surface area contributed by atoms with E-state index in [1.54, 1.807) is 26.1 Å². The van der Waals surface area contributed by atoms with Crippen molar-refractivity contribution in [1.82, 2.24) is 4.98 Å². The van der Waals surface area contributed by atoms with Crippen LogP contribution in [0.15, 0.2) is 48.7 Å². The third-order valence-electron chi connectivity index (χ3n) is 6.94. The number of carbonyl (C=O) groups excluding carboxylic acids is 1. The molecule has 0 spiro atoms. The van der Waals surface area contributed by atoms with Gasteiger partial charge in [0.15, 0.2) is 0 Å². The van der Waals surface area contributed by atoms with Crippen molar-refractivity contribution in [3.05, 3.63) is 76.2 Å². The summed E-state index contributed by atoms with van der Waals surface area (Å²) in [4.78, 5) is 16.1. The highest BCUT2D eigenvalue weighted by atomic mass is 35.5. The lowest BCUT2D eigenvalue weighted by Gasteiger charge is -2.18. The molecular formula is C31H29ClFNO4. The number of hydrogen-bond donors (Lipinski definition) is 0. The molecule has 196 valence electrons. The third kappa shape index (κ3) is 5.70. The van der Waals surface area contributed by atoms with E-state index in [0.717, 1.165) is 28.7 Å². The van der Waals surface area contributed by atoms with Gasteiger partial charge in [0.1, 0.15) is 34.6 Å². The highest BCUT2D eigenvalue weighted by molar-refractivity contribution is 6.32. The number of halogens is 2. The Hall–Kier alpha value is -3.40. The Morgan fingerprint density at radius 1 is 1.21 bits per heavy atom. The van der Waals surface area contributed by atoms with Gasteiger partial charge in [-0.3, -0.25) is 4.79 Å². The average molecular weight is 534 g/mol. The number of carbonyl (C=O) groups is 1. The Labute approximate surface area is 227 Å². The summed E-state index contributed by atoms with van der Waals surface area (Å²) in [6.07, 6.45) is 3.76. The summed E-state index contributed by atoms with van der Waals surface area (Å²) in [6.45, 7) is 4.54. The molecule has 1 fully saturated rings. The molecule has 5 nitrogen and oxygen atoms in total. The predicted molar refractivity (Wildman–Crippen MR) is 144 cm³/mol. The number of fused-ring (bicyclic) bond motifs is 1. The number of rotatable bonds is 8. The minimum atomic E-state index is -0.410. The van der Waals surface area contributed by atoms with Gasteiger partial charge in [-0.25, -0.2) is 9.37 Å². The quantitative estimate of drug-likeness (QED) is 0.296. The molecule has 2 aliphatic rings. The van der Waals surface area contributed by atoms with Crippen molar-refractivity contribution in [1.29, 1.82) is 0 Å². The van der Waals surface area contributed by atoms with Crippen LogP contribution in [0, 0.1) is 17.7 Å². The van der Waals surface area contributed by atoms with Crippen molar-refractivity contribution in [2.75, 3.05) is 13.2 Å². The molecule has 2 heterocycles. The second kappa shape index (κ2) is 11.6. The fourth-order valence-corrected chi connectivity index (χ4v) is 5.35. The van der Waals surface area contributed by atoms with E-state index in [1.165, 1.54) is 6.07 Å². The van der Waals surface area contributed by atoms with Crippen molar-refractivity contribution >= 4 is 17.4 Å². The SMILES string of the molecule is CC#C[C@@H](CC(C)=O)c1ccc(O[C@@H]2CCc3c(-c4cnc(O[C@@H]5CCOC5)c(Cl)c4)ccc(F)c32)cc1. The summed E-state index contributed by atoms with van der Waals surface area (Å²) in [6, 6.07) is 12.6. The molecule has 38 heavy (non-hydrogen) atoms. The number of ether oxygens (including phenoxy) is 3. The highest BCUT2D eigenvalue weighted by Crippen LogP contribution is 2.42. The first-order chi connectivity index (χ1) is 18.4. The minimum Gasteiger partial charge on any atom is -0.486 e. The first kappa shape index (κ1) is 26.2. The second-order valence-electron chi connectivity index (χ2n) is 9.67. The van der Waals surface area contributed by atoms with Crippen LogP contribution in [0.5, 0.6) is 11.6 Å². The van der Waals surface area contributed by atoms with Crippen LogP contribution in [-0.4, -0.2) is 30.1 Å². The number of Topliss-reactive ketones (excluding diaryl/α,β-unsaturated/α-hetero) is 1. The van der Waals surface area contributed by atoms with Gasteiger partial charge in [0.2, 0.25) is 5.88 Å². The first-order valence-corrected chi connectivity index (χ1v) is 13.2. The smallest absolute Gasteiger partial charge is 0.232 e. The molecule has 0 radical (unpaired) electrons. The van der Waals surface area contributed by atoms with Gasteiger partial charge in [0.25, 0.3) is 0 Å². The molecule has 7 heteroatoms. The first-order valence-electron chi connectivity index (χ1n) is 12.8. The molecular weight excluding hydrogens is 505 g/mol. The van der Waals surface area contributed by atoms with Gasteiger partial charge >= 0.3 is 0 Å². The Kier molecular flexibility index (Phi) is 7.97. The molecule has 5 rings (SSSR count). The van der Waals surface area contributed by atoms with E-state index in [2.05, 4.69) is 16.8 Å². The van der Waals surface area contributed by atoms with Crippen molar-refractivity contribution in [3.63, 3.8) is 0 Å². The van der Waals surface area contributed by atoms with E-state index in [-0.39, 0.29) is 23.6 Å². The van der Waals surface area contributed by atoms with Crippen LogP contribution in [0.1, 0.15) is 61.8 Å². The summed E-state index contributed by atoms with van der Waals surface area (Å²) in [5, 5.41) is 0.411. The predicted octanol–water partition coefficient (Wildman–Crippen LogP) is 6.86. The minimum absolute atomic E-state index is 0.0486. The Morgan fingerprint density at radius 2 is 2.03 bits per heavy atom. The molecule has 0 saturated carbocycles. The lowest BCUT2D eigenvalue weighted by Crippen LogP contribution is -2.16. The summed E-state index contributed by atoms with van der Waals surface area (Å²) in [5.41, 5.74) is 4.12. The zero-order valence-corrected chi connectivity index (χ0v) is 22.2. The monoisotopic (exact) mass is 533 g/mol. The van der Waals surface area contributed by atoms with Crippen LogP contribution in [0.25, 0.3) is 11.1 Å². The normalized spacial score (nSPS) is 18.8. The zero-order valence-electron chi connectivity index (χ0n) is 21.4. The van der Waals surface area contributed by atoms with Crippen LogP contribution in [0.4, 0.5) is 4.39 Å². The summed E-state index contributed by atoms with van der Waals surface area (Å²) in [7, 11) is 0. The molecule has 0 N–H and O–H groups in total. The van der Waals surface area contributed by atoms with E-state index in [0.29, 0.717) is 54.7 Å². The molecule has 1 saturated heterocycles. The number of benzene rings is 2. The van der Waals surface area contributed by atoms with E-state index < -0.39 is 6.10 Å². The molecule has 0 unspecified atom stereocenters. The maximum atomic E-state index is 15.1. The van der Waals surface area contributed by atoms with Gasteiger partial charge in [-0.05, 0) is 67.6 Å². The van der Waals surface area contributed by atoms with Crippen LogP contribution in [0.3, 0.4) is 0 Å². The van der Waals surface area contributed by atoms with E-state index in [1.807, 2.05) is 30.3 Å². The number of ketones is 1. The van der Waals surface area contributed by atoms with E-state index in [9.17, 15) is 4.79 Å². The van der Waals surface area contributed by atoms with Crippen LogP contribution >= 0.6 is 11.6 Å². The zero-order chi connectivity index (χ0) is 26.6. The molecule has 1 aromatic heterocycles. The topological polar surface area (TPSA) is 57.7 Å². The Bertz CT molecular complexity index is 1390.